The molecule has 0 fully saturated rings. The first-order valence-corrected chi connectivity index (χ1v) is 5.57. The Hall–Kier alpha value is -1.75. The number of rotatable bonds is 6. The van der Waals surface area contributed by atoms with Gasteiger partial charge in [-0.05, 0) is 36.2 Å². The van der Waals surface area contributed by atoms with Crippen molar-refractivity contribution in [3.63, 3.8) is 0 Å². The number of hydrogen-bond acceptors (Lipinski definition) is 3. The molecule has 1 aromatic carbocycles. The van der Waals surface area contributed by atoms with E-state index in [9.17, 15) is 0 Å². The van der Waals surface area contributed by atoms with Crippen molar-refractivity contribution in [1.29, 1.82) is 0 Å². The van der Waals surface area contributed by atoms with Crippen LogP contribution in [0.25, 0.3) is 0 Å². The summed E-state index contributed by atoms with van der Waals surface area (Å²) >= 11 is 0. The zero-order valence-electron chi connectivity index (χ0n) is 10.4. The molecule has 4 N–H and O–H groups in total. The molecule has 0 saturated heterocycles. The van der Waals surface area contributed by atoms with E-state index in [1.54, 1.807) is 6.21 Å². The molecule has 0 heterocycles. The lowest BCUT2D eigenvalue weighted by molar-refractivity contribution is 0.309. The normalized spacial score (nSPS) is 9.83. The Bertz CT molecular complexity index is 386. The van der Waals surface area contributed by atoms with Crippen LogP contribution in [-0.2, 0) is 0 Å². The van der Waals surface area contributed by atoms with Crippen molar-refractivity contribution in [3.8, 4) is 5.75 Å². The van der Waals surface area contributed by atoms with Crippen molar-refractivity contribution in [1.82, 2.24) is 0 Å². The van der Waals surface area contributed by atoms with E-state index in [0.29, 0.717) is 0 Å². The van der Waals surface area contributed by atoms with Crippen LogP contribution in [0.15, 0.2) is 34.5 Å². The highest BCUT2D eigenvalue weighted by molar-refractivity contribution is 5.85. The van der Waals surface area contributed by atoms with E-state index in [1.807, 2.05) is 24.3 Å². The first-order chi connectivity index (χ1) is 8.22. The van der Waals surface area contributed by atoms with Gasteiger partial charge in [-0.15, -0.1) is 17.5 Å². The predicted octanol–water partition coefficient (Wildman–Crippen LogP) is 1.89. The summed E-state index contributed by atoms with van der Waals surface area (Å²) in [6, 6.07) is 7.58. The number of halogens is 1. The van der Waals surface area contributed by atoms with Crippen molar-refractivity contribution in [2.75, 3.05) is 6.61 Å². The average Bonchev–Trinajstić information content (AvgIpc) is 2.31. The minimum atomic E-state index is -0.0548. The van der Waals surface area contributed by atoms with Crippen molar-refractivity contribution in [2.24, 2.45) is 21.7 Å². The van der Waals surface area contributed by atoms with E-state index >= 15 is 0 Å². The summed E-state index contributed by atoms with van der Waals surface area (Å²) in [5, 5.41) is 7.23. The maximum atomic E-state index is 5.53. The minimum absolute atomic E-state index is 0. The molecular formula is C12H19ClN4O. The van der Waals surface area contributed by atoms with Gasteiger partial charge < -0.3 is 16.2 Å². The second kappa shape index (κ2) is 9.30. The van der Waals surface area contributed by atoms with Gasteiger partial charge in [0.25, 0.3) is 0 Å². The van der Waals surface area contributed by atoms with Crippen LogP contribution in [0.2, 0.25) is 0 Å². The van der Waals surface area contributed by atoms with Gasteiger partial charge in [-0.1, -0.05) is 13.3 Å². The van der Waals surface area contributed by atoms with Crippen molar-refractivity contribution in [2.45, 2.75) is 19.8 Å². The van der Waals surface area contributed by atoms with E-state index in [2.05, 4.69) is 17.1 Å². The molecule has 0 saturated carbocycles. The molecule has 0 aromatic heterocycles. The van der Waals surface area contributed by atoms with Crippen LogP contribution in [0.3, 0.4) is 0 Å². The number of unbranched alkanes of at least 4 members (excludes halogenated alkanes) is 1. The zero-order chi connectivity index (χ0) is 12.5. The molecule has 5 nitrogen and oxygen atoms in total. The van der Waals surface area contributed by atoms with Crippen molar-refractivity contribution >= 4 is 24.6 Å². The molecule has 0 atom stereocenters. The standard InChI is InChI=1S/C12H18N4O.ClH/c1-2-3-8-17-11-6-4-10(5-7-11)9-15-16-12(13)14;/h4-7,9H,2-3,8H2,1H3,(H4,13,14,16);1H. The summed E-state index contributed by atoms with van der Waals surface area (Å²) in [5.74, 6) is 0.804. The van der Waals surface area contributed by atoms with Crippen LogP contribution in [-0.4, -0.2) is 18.8 Å². The number of benzene rings is 1. The SMILES string of the molecule is CCCCOc1ccc(C=NN=C(N)N)cc1.Cl. The van der Waals surface area contributed by atoms with Gasteiger partial charge in [-0.25, -0.2) is 0 Å². The van der Waals surface area contributed by atoms with Crippen LogP contribution in [0.4, 0.5) is 0 Å². The third-order valence-corrected chi connectivity index (χ3v) is 2.03. The summed E-state index contributed by atoms with van der Waals surface area (Å²) in [6.45, 7) is 2.88. The topological polar surface area (TPSA) is 86.0 Å². The molecule has 1 rings (SSSR count). The molecule has 6 heteroatoms. The quantitative estimate of drug-likeness (QED) is 0.358. The lowest BCUT2D eigenvalue weighted by atomic mass is 10.2. The Morgan fingerprint density at radius 1 is 1.28 bits per heavy atom. The highest BCUT2D eigenvalue weighted by Gasteiger charge is 1.93. The lowest BCUT2D eigenvalue weighted by Gasteiger charge is -2.04. The van der Waals surface area contributed by atoms with E-state index in [-0.39, 0.29) is 18.4 Å². The van der Waals surface area contributed by atoms with Gasteiger partial charge in [0, 0.05) is 0 Å². The van der Waals surface area contributed by atoms with Gasteiger partial charge >= 0.3 is 0 Å². The Morgan fingerprint density at radius 2 is 1.94 bits per heavy atom. The van der Waals surface area contributed by atoms with Crippen LogP contribution in [0, 0.1) is 0 Å². The average molecular weight is 271 g/mol. The van der Waals surface area contributed by atoms with Crippen molar-refractivity contribution < 1.29 is 4.74 Å². The van der Waals surface area contributed by atoms with E-state index in [0.717, 1.165) is 30.8 Å². The second-order valence-corrected chi connectivity index (χ2v) is 3.54. The molecule has 1 aromatic rings. The minimum Gasteiger partial charge on any atom is -0.494 e. The number of guanidine groups is 1. The molecular weight excluding hydrogens is 252 g/mol. The van der Waals surface area contributed by atoms with Crippen molar-refractivity contribution in [3.05, 3.63) is 29.8 Å². The molecule has 18 heavy (non-hydrogen) atoms. The number of nitrogens with two attached hydrogens (primary N) is 2. The highest BCUT2D eigenvalue weighted by Crippen LogP contribution is 2.11. The zero-order valence-corrected chi connectivity index (χ0v) is 11.2. The molecule has 0 radical (unpaired) electrons. The maximum absolute atomic E-state index is 5.53. The second-order valence-electron chi connectivity index (χ2n) is 3.54. The maximum Gasteiger partial charge on any atom is 0.211 e. The molecule has 0 aliphatic heterocycles. The monoisotopic (exact) mass is 270 g/mol. The highest BCUT2D eigenvalue weighted by atomic mass is 35.5. The Morgan fingerprint density at radius 3 is 2.50 bits per heavy atom. The van der Waals surface area contributed by atoms with E-state index < -0.39 is 0 Å². The summed E-state index contributed by atoms with van der Waals surface area (Å²) in [4.78, 5) is 0. The first-order valence-electron chi connectivity index (χ1n) is 5.57. The molecule has 0 amide bonds. The van der Waals surface area contributed by atoms with Crippen LogP contribution >= 0.6 is 12.4 Å². The Labute approximate surface area is 113 Å². The van der Waals surface area contributed by atoms with Gasteiger partial charge in [-0.2, -0.15) is 5.10 Å². The van der Waals surface area contributed by atoms with E-state index in [1.165, 1.54) is 0 Å². The molecule has 0 bridgehead atoms. The molecule has 0 aliphatic rings. The summed E-state index contributed by atoms with van der Waals surface area (Å²) in [6.07, 6.45) is 3.77. The molecule has 0 unspecified atom stereocenters. The molecule has 100 valence electrons. The van der Waals surface area contributed by atoms with Crippen LogP contribution in [0.1, 0.15) is 25.3 Å². The molecule has 0 spiro atoms. The van der Waals surface area contributed by atoms with Gasteiger partial charge in [-0.3, -0.25) is 0 Å². The van der Waals surface area contributed by atoms with Gasteiger partial charge in [0.05, 0.1) is 12.8 Å². The predicted molar refractivity (Wildman–Crippen MR) is 77.5 cm³/mol. The Kier molecular flexibility index (Phi) is 8.39. The number of hydrogen-bond donors (Lipinski definition) is 2. The Balaban J connectivity index is 0.00000289. The van der Waals surface area contributed by atoms with Gasteiger partial charge in [0.15, 0.2) is 0 Å². The number of nitrogens with zero attached hydrogens (tertiary/aromatic N) is 2. The van der Waals surface area contributed by atoms with Gasteiger partial charge in [0.1, 0.15) is 5.75 Å². The fourth-order valence-electron chi connectivity index (χ4n) is 1.15. The van der Waals surface area contributed by atoms with Crippen LogP contribution < -0.4 is 16.2 Å². The number of ether oxygens (including phenoxy) is 1. The fourth-order valence-corrected chi connectivity index (χ4v) is 1.15. The van der Waals surface area contributed by atoms with Gasteiger partial charge in [0.2, 0.25) is 5.96 Å². The summed E-state index contributed by atoms with van der Waals surface area (Å²) < 4.78 is 5.53. The lowest BCUT2D eigenvalue weighted by Crippen LogP contribution is -2.21. The smallest absolute Gasteiger partial charge is 0.211 e. The van der Waals surface area contributed by atoms with Crippen LogP contribution in [0.5, 0.6) is 5.75 Å². The van der Waals surface area contributed by atoms with E-state index in [4.69, 9.17) is 16.2 Å². The summed E-state index contributed by atoms with van der Waals surface area (Å²) in [7, 11) is 0. The largest absolute Gasteiger partial charge is 0.494 e. The fraction of sp³-hybridized carbons (Fsp3) is 0.333. The molecule has 0 aliphatic carbocycles. The first kappa shape index (κ1) is 16.2. The summed E-state index contributed by atoms with van der Waals surface area (Å²) in [5.41, 5.74) is 11.2. The third-order valence-electron chi connectivity index (χ3n) is 2.03. The third kappa shape index (κ3) is 6.75.